The summed E-state index contributed by atoms with van der Waals surface area (Å²) in [4.78, 5) is 23.0. The quantitative estimate of drug-likeness (QED) is 0.561. The highest BCUT2D eigenvalue weighted by molar-refractivity contribution is 5.97. The van der Waals surface area contributed by atoms with Crippen LogP contribution in [-0.4, -0.2) is 25.0 Å². The largest absolute Gasteiger partial charge is 0.482 e. The fourth-order valence-electron chi connectivity index (χ4n) is 1.75. The van der Waals surface area contributed by atoms with E-state index in [9.17, 15) is 9.59 Å². The van der Waals surface area contributed by atoms with E-state index in [2.05, 4.69) is 0 Å². The first-order valence-corrected chi connectivity index (χ1v) is 6.50. The Morgan fingerprint density at radius 2 is 1.95 bits per heavy atom. The maximum atomic E-state index is 11.8. The molecule has 0 aromatic heterocycles. The molecule has 0 saturated heterocycles. The zero-order chi connectivity index (χ0) is 14.3. The summed E-state index contributed by atoms with van der Waals surface area (Å²) in [6.07, 6.45) is 1.38. The Labute approximate surface area is 113 Å². The number of benzene rings is 1. The molecule has 1 aromatic carbocycles. The van der Waals surface area contributed by atoms with Crippen molar-refractivity contribution in [1.82, 2.24) is 0 Å². The molecule has 0 fully saturated rings. The average Bonchev–Trinajstić information content (AvgIpc) is 2.37. The molecule has 0 N–H and O–H groups in total. The average molecular weight is 264 g/mol. The van der Waals surface area contributed by atoms with Gasteiger partial charge in [-0.1, -0.05) is 6.92 Å². The minimum atomic E-state index is -0.397. The molecular weight excluding hydrogens is 244 g/mol. The number of hydrogen-bond donors (Lipinski definition) is 0. The van der Waals surface area contributed by atoms with Crippen LogP contribution >= 0.6 is 0 Å². The maximum Gasteiger partial charge on any atom is 0.344 e. The van der Waals surface area contributed by atoms with Gasteiger partial charge in [-0.3, -0.25) is 4.79 Å². The van der Waals surface area contributed by atoms with Gasteiger partial charge >= 0.3 is 5.97 Å². The van der Waals surface area contributed by atoms with E-state index in [0.717, 1.165) is 12.0 Å². The smallest absolute Gasteiger partial charge is 0.344 e. The Morgan fingerprint density at radius 3 is 2.53 bits per heavy atom. The Kier molecular flexibility index (Phi) is 6.06. The minimum absolute atomic E-state index is 0.116. The predicted octanol–water partition coefficient (Wildman–Crippen LogP) is 2.92. The van der Waals surface area contributed by atoms with E-state index < -0.39 is 5.97 Å². The summed E-state index contributed by atoms with van der Waals surface area (Å²) < 4.78 is 10.1. The number of hydrogen-bond acceptors (Lipinski definition) is 4. The zero-order valence-electron chi connectivity index (χ0n) is 11.7. The van der Waals surface area contributed by atoms with E-state index in [1.807, 2.05) is 13.8 Å². The highest BCUT2D eigenvalue weighted by atomic mass is 16.6. The van der Waals surface area contributed by atoms with Crippen molar-refractivity contribution in [3.8, 4) is 5.75 Å². The van der Waals surface area contributed by atoms with Crippen molar-refractivity contribution in [2.24, 2.45) is 0 Å². The highest BCUT2D eigenvalue weighted by Gasteiger charge is 2.10. The predicted molar refractivity (Wildman–Crippen MR) is 72.5 cm³/mol. The number of Topliss-reactive ketones (excluding diaryl/α,β-unsaturated/α-hetero) is 1. The topological polar surface area (TPSA) is 52.6 Å². The summed E-state index contributed by atoms with van der Waals surface area (Å²) in [7, 11) is 0. The van der Waals surface area contributed by atoms with E-state index in [4.69, 9.17) is 9.47 Å². The van der Waals surface area contributed by atoms with Gasteiger partial charge in [-0.15, -0.1) is 0 Å². The van der Waals surface area contributed by atoms with Gasteiger partial charge in [0, 0.05) is 12.0 Å². The molecule has 4 heteroatoms. The third kappa shape index (κ3) is 4.73. The van der Waals surface area contributed by atoms with Crippen molar-refractivity contribution in [3.05, 3.63) is 29.3 Å². The second kappa shape index (κ2) is 7.56. The van der Waals surface area contributed by atoms with Crippen molar-refractivity contribution in [2.45, 2.75) is 33.6 Å². The number of ether oxygens (including phenoxy) is 2. The third-order valence-electron chi connectivity index (χ3n) is 2.64. The SMILES string of the molecule is CCCC(=O)c1ccc(OCC(=O)OCC)cc1C. The lowest BCUT2D eigenvalue weighted by molar-refractivity contribution is -0.145. The molecule has 0 amide bonds. The number of carbonyl (C=O) groups is 2. The zero-order valence-corrected chi connectivity index (χ0v) is 11.7. The number of rotatable bonds is 7. The lowest BCUT2D eigenvalue weighted by Crippen LogP contribution is -2.14. The molecule has 0 spiro atoms. The molecule has 1 rings (SSSR count). The van der Waals surface area contributed by atoms with Crippen LogP contribution in [0.15, 0.2) is 18.2 Å². The van der Waals surface area contributed by atoms with Gasteiger partial charge in [0.15, 0.2) is 12.4 Å². The first-order valence-electron chi connectivity index (χ1n) is 6.50. The van der Waals surface area contributed by atoms with E-state index in [1.165, 1.54) is 0 Å². The van der Waals surface area contributed by atoms with E-state index in [-0.39, 0.29) is 12.4 Å². The summed E-state index contributed by atoms with van der Waals surface area (Å²) in [5, 5.41) is 0. The van der Waals surface area contributed by atoms with Gasteiger partial charge in [-0.2, -0.15) is 0 Å². The molecular formula is C15H20O4. The Balaban J connectivity index is 2.66. The highest BCUT2D eigenvalue weighted by Crippen LogP contribution is 2.19. The summed E-state index contributed by atoms with van der Waals surface area (Å²) >= 11 is 0. The van der Waals surface area contributed by atoms with Gasteiger partial charge in [0.2, 0.25) is 0 Å². The fourth-order valence-corrected chi connectivity index (χ4v) is 1.75. The van der Waals surface area contributed by atoms with Gasteiger partial charge in [0.25, 0.3) is 0 Å². The Bertz CT molecular complexity index is 451. The molecule has 0 heterocycles. The molecule has 0 aliphatic heterocycles. The second-order valence-electron chi connectivity index (χ2n) is 4.24. The monoisotopic (exact) mass is 264 g/mol. The molecule has 0 aliphatic rings. The van der Waals surface area contributed by atoms with Gasteiger partial charge in [-0.25, -0.2) is 4.79 Å². The molecule has 1 aromatic rings. The maximum absolute atomic E-state index is 11.8. The summed E-state index contributed by atoms with van der Waals surface area (Å²) in [6.45, 7) is 5.81. The Hall–Kier alpha value is -1.84. The summed E-state index contributed by atoms with van der Waals surface area (Å²) in [6, 6.07) is 5.21. The first-order chi connectivity index (χ1) is 9.08. The third-order valence-corrected chi connectivity index (χ3v) is 2.64. The molecule has 0 atom stereocenters. The summed E-state index contributed by atoms with van der Waals surface area (Å²) in [5.74, 6) is 0.307. The van der Waals surface area contributed by atoms with Crippen LogP contribution in [0, 0.1) is 6.92 Å². The molecule has 0 radical (unpaired) electrons. The Morgan fingerprint density at radius 1 is 1.21 bits per heavy atom. The number of carbonyl (C=O) groups excluding carboxylic acids is 2. The van der Waals surface area contributed by atoms with Crippen LogP contribution in [0.4, 0.5) is 0 Å². The number of ketones is 1. The van der Waals surface area contributed by atoms with Crippen LogP contribution in [0.2, 0.25) is 0 Å². The first kappa shape index (κ1) is 15.2. The van der Waals surface area contributed by atoms with Crippen molar-refractivity contribution in [2.75, 3.05) is 13.2 Å². The van der Waals surface area contributed by atoms with Gasteiger partial charge < -0.3 is 9.47 Å². The van der Waals surface area contributed by atoms with E-state index in [0.29, 0.717) is 24.3 Å². The lowest BCUT2D eigenvalue weighted by Gasteiger charge is -2.09. The van der Waals surface area contributed by atoms with Crippen LogP contribution in [0.25, 0.3) is 0 Å². The standard InChI is InChI=1S/C15H20O4/c1-4-6-14(16)13-8-7-12(9-11(13)3)19-10-15(17)18-5-2/h7-9H,4-6,10H2,1-3H3. The minimum Gasteiger partial charge on any atom is -0.482 e. The molecule has 104 valence electrons. The molecule has 19 heavy (non-hydrogen) atoms. The van der Waals surface area contributed by atoms with E-state index in [1.54, 1.807) is 25.1 Å². The normalized spacial score (nSPS) is 10.1. The number of aryl methyl sites for hydroxylation is 1. The molecule has 0 saturated carbocycles. The van der Waals surface area contributed by atoms with Gasteiger partial charge in [0.05, 0.1) is 6.61 Å². The fraction of sp³-hybridized carbons (Fsp3) is 0.467. The van der Waals surface area contributed by atoms with Gasteiger partial charge in [-0.05, 0) is 44.0 Å². The van der Waals surface area contributed by atoms with Crippen molar-refractivity contribution in [1.29, 1.82) is 0 Å². The van der Waals surface area contributed by atoms with Crippen molar-refractivity contribution in [3.63, 3.8) is 0 Å². The molecule has 0 aliphatic carbocycles. The van der Waals surface area contributed by atoms with Crippen LogP contribution in [-0.2, 0) is 9.53 Å². The van der Waals surface area contributed by atoms with Crippen LogP contribution < -0.4 is 4.74 Å². The number of esters is 1. The van der Waals surface area contributed by atoms with Crippen LogP contribution in [0.5, 0.6) is 5.75 Å². The van der Waals surface area contributed by atoms with Crippen LogP contribution in [0.1, 0.15) is 42.6 Å². The van der Waals surface area contributed by atoms with Crippen molar-refractivity contribution >= 4 is 11.8 Å². The lowest BCUT2D eigenvalue weighted by atomic mass is 10.0. The van der Waals surface area contributed by atoms with E-state index >= 15 is 0 Å². The molecule has 4 nitrogen and oxygen atoms in total. The van der Waals surface area contributed by atoms with Crippen molar-refractivity contribution < 1.29 is 19.1 Å². The van der Waals surface area contributed by atoms with Gasteiger partial charge in [0.1, 0.15) is 5.75 Å². The summed E-state index contributed by atoms with van der Waals surface area (Å²) in [5.41, 5.74) is 1.57. The second-order valence-corrected chi connectivity index (χ2v) is 4.24. The molecule has 0 bridgehead atoms. The van der Waals surface area contributed by atoms with Crippen LogP contribution in [0.3, 0.4) is 0 Å². The molecule has 0 unspecified atom stereocenters.